The summed E-state index contributed by atoms with van der Waals surface area (Å²) < 4.78 is 13.1. The van der Waals surface area contributed by atoms with Gasteiger partial charge in [0.2, 0.25) is 0 Å². The molecule has 0 atom stereocenters. The smallest absolute Gasteiger partial charge is 0.255 e. The monoisotopic (exact) mass is 424 g/mol. The molecule has 0 saturated carbocycles. The predicted octanol–water partition coefficient (Wildman–Crippen LogP) is 4.32. The van der Waals surface area contributed by atoms with Gasteiger partial charge in [0.1, 0.15) is 10.8 Å². The van der Waals surface area contributed by atoms with Crippen LogP contribution in [-0.2, 0) is 19.5 Å². The number of aromatic amines is 1. The van der Waals surface area contributed by atoms with E-state index in [-0.39, 0.29) is 11.4 Å². The lowest BCUT2D eigenvalue weighted by molar-refractivity contribution is 0.241. The van der Waals surface area contributed by atoms with E-state index < -0.39 is 0 Å². The van der Waals surface area contributed by atoms with E-state index in [9.17, 15) is 9.18 Å². The lowest BCUT2D eigenvalue weighted by Gasteiger charge is -2.26. The van der Waals surface area contributed by atoms with Gasteiger partial charge in [0.05, 0.1) is 28.4 Å². The van der Waals surface area contributed by atoms with Gasteiger partial charge in [-0.25, -0.2) is 14.4 Å². The fourth-order valence-electron chi connectivity index (χ4n) is 3.47. The first-order valence-corrected chi connectivity index (χ1v) is 11.0. The second-order valence-electron chi connectivity index (χ2n) is 6.91. The van der Waals surface area contributed by atoms with E-state index in [4.69, 9.17) is 4.98 Å². The zero-order valence-electron chi connectivity index (χ0n) is 15.4. The van der Waals surface area contributed by atoms with Gasteiger partial charge in [-0.15, -0.1) is 22.7 Å². The molecular weight excluding hydrogens is 407 g/mol. The lowest BCUT2D eigenvalue weighted by atomic mass is 10.1. The Kier molecular flexibility index (Phi) is 4.83. The van der Waals surface area contributed by atoms with Gasteiger partial charge in [0.15, 0.2) is 5.82 Å². The van der Waals surface area contributed by atoms with E-state index in [1.165, 1.54) is 12.1 Å². The topological polar surface area (TPSA) is 61.9 Å². The van der Waals surface area contributed by atoms with Crippen LogP contribution in [0.25, 0.3) is 22.0 Å². The third-order valence-corrected chi connectivity index (χ3v) is 6.66. The first-order valence-electron chi connectivity index (χ1n) is 9.24. The number of benzene rings is 1. The molecule has 8 heteroatoms. The van der Waals surface area contributed by atoms with Crippen LogP contribution in [0.4, 0.5) is 4.39 Å². The molecular formula is C21H17FN4OS2. The highest BCUT2D eigenvalue weighted by atomic mass is 32.1. The number of rotatable bonds is 4. The van der Waals surface area contributed by atoms with Crippen LogP contribution in [0, 0.1) is 5.82 Å². The molecule has 146 valence electrons. The number of thiophene rings is 1. The molecule has 4 aromatic rings. The highest BCUT2D eigenvalue weighted by Crippen LogP contribution is 2.25. The van der Waals surface area contributed by atoms with Gasteiger partial charge in [-0.05, 0) is 35.7 Å². The number of thiazole rings is 1. The fraction of sp³-hybridized carbons (Fsp3) is 0.190. The first kappa shape index (κ1) is 18.4. The fourth-order valence-corrected chi connectivity index (χ4v) is 4.99. The van der Waals surface area contributed by atoms with Crippen molar-refractivity contribution >= 4 is 22.7 Å². The van der Waals surface area contributed by atoms with E-state index in [0.717, 1.165) is 45.4 Å². The molecule has 4 heterocycles. The Bertz CT molecular complexity index is 1200. The Morgan fingerprint density at radius 3 is 2.79 bits per heavy atom. The van der Waals surface area contributed by atoms with Crippen LogP contribution < -0.4 is 5.56 Å². The molecule has 1 aliphatic rings. The molecule has 0 aliphatic carbocycles. The van der Waals surface area contributed by atoms with Gasteiger partial charge < -0.3 is 4.98 Å². The van der Waals surface area contributed by atoms with Gasteiger partial charge in [-0.2, -0.15) is 0 Å². The van der Waals surface area contributed by atoms with E-state index >= 15 is 0 Å². The van der Waals surface area contributed by atoms with Crippen molar-refractivity contribution in [1.29, 1.82) is 0 Å². The Balaban J connectivity index is 1.33. The molecule has 0 radical (unpaired) electrons. The number of nitrogens with one attached hydrogen (secondary N) is 1. The van der Waals surface area contributed by atoms with E-state index in [1.807, 2.05) is 22.9 Å². The Morgan fingerprint density at radius 2 is 2.00 bits per heavy atom. The summed E-state index contributed by atoms with van der Waals surface area (Å²) in [6.45, 7) is 2.07. The summed E-state index contributed by atoms with van der Waals surface area (Å²) in [5.74, 6) is 0.401. The molecule has 29 heavy (non-hydrogen) atoms. The first-order chi connectivity index (χ1) is 14.2. The molecule has 1 N–H and O–H groups in total. The Labute approximate surface area is 174 Å². The minimum Gasteiger partial charge on any atom is -0.306 e. The average Bonchev–Trinajstić information content (AvgIpc) is 3.41. The highest BCUT2D eigenvalue weighted by molar-refractivity contribution is 7.13. The van der Waals surface area contributed by atoms with Crippen LogP contribution in [0.5, 0.6) is 0 Å². The number of hydrogen-bond donors (Lipinski definition) is 1. The molecule has 5 nitrogen and oxygen atoms in total. The van der Waals surface area contributed by atoms with E-state index in [2.05, 4.69) is 14.9 Å². The summed E-state index contributed by atoms with van der Waals surface area (Å²) in [5, 5.41) is 4.94. The number of aromatic nitrogens is 3. The Morgan fingerprint density at radius 1 is 1.14 bits per heavy atom. The van der Waals surface area contributed by atoms with Crippen molar-refractivity contribution in [3.05, 3.63) is 79.6 Å². The second kappa shape index (κ2) is 7.62. The molecule has 0 saturated heterocycles. The average molecular weight is 425 g/mol. The standard InChI is InChI=1S/C21H17FN4OS2/c22-14-5-3-13(4-6-14)17-12-29-19(23-17)11-26-8-7-16-15(10-26)21(27)25-20(24-16)18-2-1-9-28-18/h1-6,9,12H,7-8,10-11H2,(H,24,25,27). The number of fused-ring (bicyclic) bond motifs is 1. The van der Waals surface area contributed by atoms with Crippen molar-refractivity contribution in [2.24, 2.45) is 0 Å². The van der Waals surface area contributed by atoms with Crippen molar-refractivity contribution in [2.75, 3.05) is 6.54 Å². The zero-order valence-corrected chi connectivity index (χ0v) is 17.0. The van der Waals surface area contributed by atoms with Gasteiger partial charge in [0, 0.05) is 30.5 Å². The van der Waals surface area contributed by atoms with E-state index in [1.54, 1.807) is 34.8 Å². The molecule has 0 unspecified atom stereocenters. The number of hydrogen-bond acceptors (Lipinski definition) is 6. The third-order valence-electron chi connectivity index (χ3n) is 4.95. The molecule has 0 fully saturated rings. The summed E-state index contributed by atoms with van der Waals surface area (Å²) in [7, 11) is 0. The van der Waals surface area contributed by atoms with Gasteiger partial charge in [-0.1, -0.05) is 6.07 Å². The normalized spacial score (nSPS) is 14.1. The molecule has 5 rings (SSSR count). The minimum atomic E-state index is -0.253. The maximum absolute atomic E-state index is 13.1. The van der Waals surface area contributed by atoms with Crippen molar-refractivity contribution in [3.8, 4) is 22.0 Å². The van der Waals surface area contributed by atoms with Crippen molar-refractivity contribution in [2.45, 2.75) is 19.5 Å². The van der Waals surface area contributed by atoms with Gasteiger partial charge >= 0.3 is 0 Å². The third kappa shape index (κ3) is 3.78. The summed E-state index contributed by atoms with van der Waals surface area (Å²) in [5.41, 5.74) is 3.32. The maximum Gasteiger partial charge on any atom is 0.255 e. The summed E-state index contributed by atoms with van der Waals surface area (Å²) in [4.78, 5) is 28.1. The zero-order chi connectivity index (χ0) is 19.8. The largest absolute Gasteiger partial charge is 0.306 e. The molecule has 0 bridgehead atoms. The summed E-state index contributed by atoms with van der Waals surface area (Å²) in [6, 6.07) is 10.3. The summed E-state index contributed by atoms with van der Waals surface area (Å²) >= 11 is 3.15. The lowest BCUT2D eigenvalue weighted by Crippen LogP contribution is -2.35. The number of H-pyrrole nitrogens is 1. The van der Waals surface area contributed by atoms with Crippen LogP contribution in [-0.4, -0.2) is 26.4 Å². The van der Waals surface area contributed by atoms with E-state index in [0.29, 0.717) is 18.9 Å². The molecule has 0 amide bonds. The SMILES string of the molecule is O=c1[nH]c(-c2cccs2)nc2c1CN(Cc1nc(-c3ccc(F)cc3)cs1)CC2. The summed E-state index contributed by atoms with van der Waals surface area (Å²) in [6.07, 6.45) is 0.744. The maximum atomic E-state index is 13.1. The quantitative estimate of drug-likeness (QED) is 0.530. The molecule has 3 aromatic heterocycles. The number of nitrogens with zero attached hydrogens (tertiary/aromatic N) is 3. The van der Waals surface area contributed by atoms with Crippen molar-refractivity contribution < 1.29 is 4.39 Å². The number of halogens is 1. The van der Waals surface area contributed by atoms with Crippen molar-refractivity contribution in [1.82, 2.24) is 19.9 Å². The molecule has 1 aromatic carbocycles. The second-order valence-corrected chi connectivity index (χ2v) is 8.80. The van der Waals surface area contributed by atoms with Crippen LogP contribution in [0.2, 0.25) is 0 Å². The van der Waals surface area contributed by atoms with Crippen LogP contribution in [0.1, 0.15) is 16.3 Å². The highest BCUT2D eigenvalue weighted by Gasteiger charge is 2.22. The minimum absolute atomic E-state index is 0.0609. The molecule has 0 spiro atoms. The predicted molar refractivity (Wildman–Crippen MR) is 113 cm³/mol. The van der Waals surface area contributed by atoms with Gasteiger partial charge in [0.25, 0.3) is 5.56 Å². The van der Waals surface area contributed by atoms with Crippen LogP contribution in [0.15, 0.2) is 52.0 Å². The van der Waals surface area contributed by atoms with Crippen LogP contribution >= 0.6 is 22.7 Å². The van der Waals surface area contributed by atoms with Crippen LogP contribution in [0.3, 0.4) is 0 Å². The van der Waals surface area contributed by atoms with Crippen molar-refractivity contribution in [3.63, 3.8) is 0 Å². The molecule has 1 aliphatic heterocycles. The Hall–Kier alpha value is -2.68. The van der Waals surface area contributed by atoms with Gasteiger partial charge in [-0.3, -0.25) is 9.69 Å².